The fourth-order valence-electron chi connectivity index (χ4n) is 7.08. The first kappa shape index (κ1) is 27.9. The molecule has 0 aliphatic heterocycles. The zero-order chi connectivity index (χ0) is 31.9. The summed E-state index contributed by atoms with van der Waals surface area (Å²) in [6.45, 7) is 0. The molecule has 2 nitrogen and oxygen atoms in total. The quantitative estimate of drug-likeness (QED) is 0.174. The molecule has 0 saturated heterocycles. The Hall–Kier alpha value is -6.38. The lowest BCUT2D eigenvalue weighted by Gasteiger charge is -2.30. The van der Waals surface area contributed by atoms with Gasteiger partial charge >= 0.3 is 0 Å². The monoisotopic (exact) mass is 613 g/mol. The summed E-state index contributed by atoms with van der Waals surface area (Å²) in [5.74, 6) is 0.865. The summed E-state index contributed by atoms with van der Waals surface area (Å²) in [6.07, 6.45) is 0. The number of anilines is 3. The van der Waals surface area contributed by atoms with Crippen LogP contribution in [0.5, 0.6) is 0 Å². The van der Waals surface area contributed by atoms with Crippen LogP contribution in [-0.4, -0.2) is 0 Å². The summed E-state index contributed by atoms with van der Waals surface area (Å²) in [5, 5.41) is 5.98. The van der Waals surface area contributed by atoms with Crippen molar-refractivity contribution < 1.29 is 4.42 Å². The minimum absolute atomic E-state index is 0.865. The van der Waals surface area contributed by atoms with Crippen LogP contribution >= 0.6 is 0 Å². The molecule has 48 heavy (non-hydrogen) atoms. The van der Waals surface area contributed by atoms with Crippen molar-refractivity contribution >= 4 is 49.6 Å². The topological polar surface area (TPSA) is 16.4 Å². The fraction of sp³-hybridized carbons (Fsp3) is 0. The van der Waals surface area contributed by atoms with Crippen molar-refractivity contribution in [1.29, 1.82) is 0 Å². The van der Waals surface area contributed by atoms with E-state index in [1.54, 1.807) is 0 Å². The van der Waals surface area contributed by atoms with E-state index in [9.17, 15) is 0 Å². The summed E-state index contributed by atoms with van der Waals surface area (Å²) >= 11 is 0. The van der Waals surface area contributed by atoms with Crippen LogP contribution in [0.1, 0.15) is 0 Å². The van der Waals surface area contributed by atoms with Gasteiger partial charge in [-0.1, -0.05) is 158 Å². The Morgan fingerprint density at radius 2 is 0.979 bits per heavy atom. The molecule has 226 valence electrons. The minimum Gasteiger partial charge on any atom is -0.455 e. The molecule has 0 fully saturated rings. The zero-order valence-corrected chi connectivity index (χ0v) is 26.3. The van der Waals surface area contributed by atoms with Gasteiger partial charge in [-0.05, 0) is 57.6 Å². The molecule has 2 heteroatoms. The van der Waals surface area contributed by atoms with Gasteiger partial charge in [-0.2, -0.15) is 0 Å². The van der Waals surface area contributed by atoms with Gasteiger partial charge in [-0.25, -0.2) is 0 Å². The van der Waals surface area contributed by atoms with Crippen LogP contribution in [0.25, 0.3) is 66.1 Å². The maximum atomic E-state index is 6.69. The van der Waals surface area contributed by atoms with E-state index in [1.807, 2.05) is 6.07 Å². The maximum absolute atomic E-state index is 6.69. The molecule has 0 saturated carbocycles. The summed E-state index contributed by atoms with van der Waals surface area (Å²) in [6, 6.07) is 66.8. The molecule has 1 heterocycles. The Bertz CT molecular complexity index is 2560. The van der Waals surface area contributed by atoms with Crippen molar-refractivity contribution in [2.24, 2.45) is 0 Å². The Kier molecular flexibility index (Phi) is 6.84. The third-order valence-corrected chi connectivity index (χ3v) is 9.24. The van der Waals surface area contributed by atoms with Gasteiger partial charge in [-0.3, -0.25) is 0 Å². The zero-order valence-electron chi connectivity index (χ0n) is 26.3. The molecular weight excluding hydrogens is 583 g/mol. The van der Waals surface area contributed by atoms with E-state index in [0.29, 0.717) is 0 Å². The molecule has 0 aliphatic carbocycles. The van der Waals surface area contributed by atoms with Crippen LogP contribution in [0.15, 0.2) is 192 Å². The molecule has 0 radical (unpaired) electrons. The molecule has 0 bridgehead atoms. The molecule has 0 unspecified atom stereocenters. The van der Waals surface area contributed by atoms with Gasteiger partial charge in [0.05, 0.1) is 11.4 Å². The molecule has 0 atom stereocenters. The lowest BCUT2D eigenvalue weighted by Crippen LogP contribution is -2.12. The van der Waals surface area contributed by atoms with Crippen LogP contribution in [0, 0.1) is 0 Å². The van der Waals surface area contributed by atoms with E-state index in [1.165, 1.54) is 27.1 Å². The molecule has 0 aliphatic rings. The van der Waals surface area contributed by atoms with E-state index in [0.717, 1.165) is 56.0 Å². The lowest BCUT2D eigenvalue weighted by atomic mass is 9.96. The number of rotatable bonds is 6. The van der Waals surface area contributed by atoms with Gasteiger partial charge < -0.3 is 9.32 Å². The molecule has 9 rings (SSSR count). The molecular formula is C46H31NO. The van der Waals surface area contributed by atoms with Gasteiger partial charge in [-0.15, -0.1) is 0 Å². The molecule has 9 aromatic rings. The van der Waals surface area contributed by atoms with Crippen molar-refractivity contribution in [3.05, 3.63) is 188 Å². The largest absolute Gasteiger partial charge is 0.455 e. The Morgan fingerprint density at radius 3 is 1.79 bits per heavy atom. The van der Waals surface area contributed by atoms with Crippen molar-refractivity contribution in [2.75, 3.05) is 4.90 Å². The number of furan rings is 1. The van der Waals surface area contributed by atoms with E-state index in [-0.39, 0.29) is 0 Å². The van der Waals surface area contributed by atoms with Crippen LogP contribution < -0.4 is 4.90 Å². The van der Waals surface area contributed by atoms with Crippen molar-refractivity contribution in [1.82, 2.24) is 0 Å². The highest BCUT2D eigenvalue weighted by Crippen LogP contribution is 2.47. The molecule has 0 N–H and O–H groups in total. The van der Waals surface area contributed by atoms with Gasteiger partial charge in [0.25, 0.3) is 0 Å². The third-order valence-electron chi connectivity index (χ3n) is 9.24. The van der Waals surface area contributed by atoms with Gasteiger partial charge in [0.2, 0.25) is 0 Å². The molecule has 0 amide bonds. The van der Waals surface area contributed by atoms with Crippen LogP contribution in [0.4, 0.5) is 17.1 Å². The summed E-state index contributed by atoms with van der Waals surface area (Å²) in [4.78, 5) is 2.42. The summed E-state index contributed by atoms with van der Waals surface area (Å²) in [5.41, 5.74) is 9.75. The van der Waals surface area contributed by atoms with Crippen molar-refractivity contribution in [3.8, 4) is 33.6 Å². The first-order valence-corrected chi connectivity index (χ1v) is 16.4. The predicted molar refractivity (Wildman–Crippen MR) is 202 cm³/mol. The van der Waals surface area contributed by atoms with Gasteiger partial charge in [0, 0.05) is 33.2 Å². The number of hydrogen-bond donors (Lipinski definition) is 0. The Morgan fingerprint density at radius 1 is 0.375 bits per heavy atom. The van der Waals surface area contributed by atoms with Crippen LogP contribution in [0.3, 0.4) is 0 Å². The smallest absolute Gasteiger partial charge is 0.143 e. The van der Waals surface area contributed by atoms with Crippen molar-refractivity contribution in [3.63, 3.8) is 0 Å². The van der Waals surface area contributed by atoms with Crippen LogP contribution in [-0.2, 0) is 0 Å². The highest BCUT2D eigenvalue weighted by molar-refractivity contribution is 6.15. The van der Waals surface area contributed by atoms with Gasteiger partial charge in [0.1, 0.15) is 11.3 Å². The molecule has 8 aromatic carbocycles. The second kappa shape index (κ2) is 11.8. The Balaban J connectivity index is 1.33. The lowest BCUT2D eigenvalue weighted by molar-refractivity contribution is 0.632. The predicted octanol–water partition coefficient (Wildman–Crippen LogP) is 13.2. The number of fused-ring (bicyclic) bond motifs is 4. The normalized spacial score (nSPS) is 11.3. The van der Waals surface area contributed by atoms with E-state index < -0.39 is 0 Å². The third kappa shape index (κ3) is 4.74. The molecule has 0 spiro atoms. The number of para-hydroxylation sites is 2. The Labute approximate surface area is 279 Å². The summed E-state index contributed by atoms with van der Waals surface area (Å²) in [7, 11) is 0. The fourth-order valence-corrected chi connectivity index (χ4v) is 7.08. The number of benzene rings is 8. The highest BCUT2D eigenvalue weighted by Gasteiger charge is 2.23. The molecule has 1 aromatic heterocycles. The summed E-state index contributed by atoms with van der Waals surface area (Å²) < 4.78 is 6.69. The minimum atomic E-state index is 0.865. The first-order chi connectivity index (χ1) is 23.8. The number of hydrogen-bond acceptors (Lipinski definition) is 2. The second-order valence-corrected chi connectivity index (χ2v) is 12.1. The average molecular weight is 614 g/mol. The van der Waals surface area contributed by atoms with E-state index in [2.05, 4.69) is 187 Å². The number of nitrogens with zero attached hydrogens (tertiary/aromatic N) is 1. The second-order valence-electron chi connectivity index (χ2n) is 12.1. The standard InChI is InChI=1S/C46H31NO/c1-3-16-32(17-4-1)38-24-11-13-28-42(38)47(43-31-34-20-7-8-23-37(34)39-25-9-10-26-40(39)43)36-22-15-21-35(30-36)46-45(33-18-5-2-6-19-33)41-27-12-14-29-44(41)48-46/h1-31H. The van der Waals surface area contributed by atoms with Crippen LogP contribution in [0.2, 0.25) is 0 Å². The first-order valence-electron chi connectivity index (χ1n) is 16.4. The van der Waals surface area contributed by atoms with E-state index in [4.69, 9.17) is 4.42 Å². The maximum Gasteiger partial charge on any atom is 0.143 e. The highest BCUT2D eigenvalue weighted by atomic mass is 16.3. The van der Waals surface area contributed by atoms with Crippen molar-refractivity contribution in [2.45, 2.75) is 0 Å². The van der Waals surface area contributed by atoms with E-state index >= 15 is 0 Å². The SMILES string of the molecule is c1ccc(-c2ccccc2N(c2cccc(-c3oc4ccccc4c3-c3ccccc3)c2)c2cc3ccccc3c3ccccc23)cc1. The average Bonchev–Trinajstić information content (AvgIpc) is 3.56. The van der Waals surface area contributed by atoms with Gasteiger partial charge in [0.15, 0.2) is 0 Å².